The van der Waals surface area contributed by atoms with Crippen LogP contribution in [-0.2, 0) is 0 Å². The molecule has 0 atom stereocenters. The molecule has 10 heteroatoms. The third-order valence-corrected chi connectivity index (χ3v) is 4.13. The van der Waals surface area contributed by atoms with Crippen molar-refractivity contribution >= 4 is 35.1 Å². The van der Waals surface area contributed by atoms with Crippen molar-refractivity contribution in [2.75, 3.05) is 24.9 Å². The number of ether oxygens (including phenoxy) is 2. The third-order valence-electron chi connectivity index (χ3n) is 4.13. The summed E-state index contributed by atoms with van der Waals surface area (Å²) in [6, 6.07) is 12.8. The Morgan fingerprint density at radius 1 is 0.767 bits per heavy atom. The van der Waals surface area contributed by atoms with Crippen LogP contribution in [-0.4, -0.2) is 48.0 Å². The molecule has 0 aliphatic carbocycles. The van der Waals surface area contributed by atoms with Crippen molar-refractivity contribution in [3.63, 3.8) is 0 Å². The van der Waals surface area contributed by atoms with Gasteiger partial charge < -0.3 is 20.1 Å². The smallest absolute Gasteiger partial charge is 0.348 e. The van der Waals surface area contributed by atoms with Gasteiger partial charge in [-0.1, -0.05) is 12.1 Å². The van der Waals surface area contributed by atoms with E-state index in [2.05, 4.69) is 20.8 Å². The number of hydrogen-bond acceptors (Lipinski definition) is 6. The van der Waals surface area contributed by atoms with Crippen molar-refractivity contribution in [1.82, 2.24) is 10.0 Å². The summed E-state index contributed by atoms with van der Waals surface area (Å²) in [6.45, 7) is 3.15. The molecule has 0 saturated heterocycles. The van der Waals surface area contributed by atoms with E-state index >= 15 is 0 Å². The molecule has 3 rings (SSSR count). The number of carbonyl (C=O) groups is 2. The molecular formula is C20H22N6O4. The second kappa shape index (κ2) is 8.95. The average molecular weight is 410 g/mol. The molecule has 1 heterocycles. The van der Waals surface area contributed by atoms with Crippen LogP contribution in [0.4, 0.5) is 21.0 Å². The summed E-state index contributed by atoms with van der Waals surface area (Å²) in [5, 5.41) is 16.0. The molecule has 1 aliphatic rings. The van der Waals surface area contributed by atoms with Crippen LogP contribution in [0.2, 0.25) is 0 Å². The van der Waals surface area contributed by atoms with Gasteiger partial charge in [0.1, 0.15) is 11.5 Å². The van der Waals surface area contributed by atoms with Gasteiger partial charge in [-0.05, 0) is 38.1 Å². The molecular weight excluding hydrogens is 388 g/mol. The Morgan fingerprint density at radius 3 is 1.53 bits per heavy atom. The first kappa shape index (κ1) is 20.6. The molecule has 0 radical (unpaired) electrons. The van der Waals surface area contributed by atoms with Crippen LogP contribution in [0.5, 0.6) is 11.5 Å². The number of hydrogen-bond donors (Lipinski definition) is 2. The molecule has 10 nitrogen and oxygen atoms in total. The molecule has 0 fully saturated rings. The van der Waals surface area contributed by atoms with Crippen LogP contribution in [0.25, 0.3) is 0 Å². The summed E-state index contributed by atoms with van der Waals surface area (Å²) in [6.07, 6.45) is 0. The lowest BCUT2D eigenvalue weighted by atomic mass is 10.3. The molecule has 0 unspecified atom stereocenters. The van der Waals surface area contributed by atoms with E-state index in [1.54, 1.807) is 76.6 Å². The zero-order valence-electron chi connectivity index (χ0n) is 17.0. The Balaban J connectivity index is 1.70. The fourth-order valence-corrected chi connectivity index (χ4v) is 2.66. The first-order valence-electron chi connectivity index (χ1n) is 9.02. The van der Waals surface area contributed by atoms with Crippen molar-refractivity contribution in [2.45, 2.75) is 13.8 Å². The maximum absolute atomic E-state index is 12.6. The van der Waals surface area contributed by atoms with E-state index in [0.29, 0.717) is 22.9 Å². The Morgan fingerprint density at radius 2 is 1.17 bits per heavy atom. The number of hydrazone groups is 2. The van der Waals surface area contributed by atoms with Gasteiger partial charge in [0.05, 0.1) is 14.2 Å². The highest BCUT2D eigenvalue weighted by atomic mass is 16.5. The van der Waals surface area contributed by atoms with Gasteiger partial charge in [-0.25, -0.2) is 9.59 Å². The van der Waals surface area contributed by atoms with E-state index in [4.69, 9.17) is 9.47 Å². The normalized spacial score (nSPS) is 13.2. The van der Waals surface area contributed by atoms with Crippen molar-refractivity contribution in [3.05, 3.63) is 48.5 Å². The van der Waals surface area contributed by atoms with Crippen LogP contribution in [0, 0.1) is 0 Å². The van der Waals surface area contributed by atoms with Gasteiger partial charge in [0.15, 0.2) is 11.7 Å². The number of carbonyl (C=O) groups excluding carboxylic acids is 2. The summed E-state index contributed by atoms with van der Waals surface area (Å²) in [5.74, 6) is 1.66. The van der Waals surface area contributed by atoms with Crippen LogP contribution in [0.1, 0.15) is 13.8 Å². The lowest BCUT2D eigenvalue weighted by Gasteiger charge is -2.27. The van der Waals surface area contributed by atoms with E-state index in [1.165, 1.54) is 0 Å². The zero-order valence-corrected chi connectivity index (χ0v) is 17.0. The largest absolute Gasteiger partial charge is 0.497 e. The standard InChI is InChI=1S/C20H22N6O4/c1-13-23-26(20(28)22-16-8-6-10-18(12-16)30-4)14(2)24-25(13)19(27)21-15-7-5-9-17(11-15)29-3/h5-12H,1-4H3,(H,21,27)(H,22,28). The monoisotopic (exact) mass is 410 g/mol. The minimum absolute atomic E-state index is 0.224. The number of amides is 4. The lowest BCUT2D eigenvalue weighted by Crippen LogP contribution is -2.45. The van der Waals surface area contributed by atoms with Crippen LogP contribution >= 0.6 is 0 Å². The Labute approximate surface area is 173 Å². The second-order valence-electron chi connectivity index (χ2n) is 6.24. The quantitative estimate of drug-likeness (QED) is 0.800. The second-order valence-corrected chi connectivity index (χ2v) is 6.24. The van der Waals surface area contributed by atoms with Crippen molar-refractivity contribution in [1.29, 1.82) is 0 Å². The zero-order chi connectivity index (χ0) is 21.7. The van der Waals surface area contributed by atoms with Gasteiger partial charge in [-0.15, -0.1) is 10.2 Å². The molecule has 4 amide bonds. The fraction of sp³-hybridized carbons (Fsp3) is 0.200. The Hall–Kier alpha value is -4.08. The van der Waals surface area contributed by atoms with E-state index in [0.717, 1.165) is 10.0 Å². The number of amidine groups is 2. The van der Waals surface area contributed by atoms with E-state index in [9.17, 15) is 9.59 Å². The van der Waals surface area contributed by atoms with Gasteiger partial charge in [-0.2, -0.15) is 10.0 Å². The van der Waals surface area contributed by atoms with Gasteiger partial charge in [0.2, 0.25) is 0 Å². The maximum Gasteiger partial charge on any atom is 0.348 e. The van der Waals surface area contributed by atoms with Gasteiger partial charge in [0.25, 0.3) is 0 Å². The van der Waals surface area contributed by atoms with Crippen LogP contribution < -0.4 is 20.1 Å². The van der Waals surface area contributed by atoms with E-state index in [-0.39, 0.29) is 11.7 Å². The summed E-state index contributed by atoms with van der Waals surface area (Å²) < 4.78 is 10.3. The molecule has 156 valence electrons. The minimum atomic E-state index is -0.517. The topological polar surface area (TPSA) is 108 Å². The number of benzene rings is 2. The van der Waals surface area contributed by atoms with Crippen molar-refractivity contribution in [3.8, 4) is 11.5 Å². The number of nitrogens with zero attached hydrogens (tertiary/aromatic N) is 4. The Bertz CT molecular complexity index is 938. The first-order chi connectivity index (χ1) is 14.4. The molecule has 0 saturated carbocycles. The molecule has 1 aliphatic heterocycles. The van der Waals surface area contributed by atoms with Crippen molar-refractivity contribution in [2.24, 2.45) is 10.2 Å². The summed E-state index contributed by atoms with van der Waals surface area (Å²) in [4.78, 5) is 25.2. The Kier molecular flexibility index (Phi) is 6.16. The summed E-state index contributed by atoms with van der Waals surface area (Å²) in [5.41, 5.74) is 1.08. The SMILES string of the molecule is COc1cccc(NC(=O)N2N=C(C)N(C(=O)Nc3cccc(OC)c3)N=C2C)c1. The molecule has 2 N–H and O–H groups in total. The summed E-state index contributed by atoms with van der Waals surface area (Å²) in [7, 11) is 3.09. The number of methoxy groups -OCH3 is 2. The predicted molar refractivity (Wildman–Crippen MR) is 114 cm³/mol. The molecule has 30 heavy (non-hydrogen) atoms. The van der Waals surface area contributed by atoms with Gasteiger partial charge in [0, 0.05) is 23.5 Å². The number of urea groups is 2. The highest BCUT2D eigenvalue weighted by Gasteiger charge is 2.27. The highest BCUT2D eigenvalue weighted by molar-refractivity contribution is 6.09. The number of anilines is 2. The average Bonchev–Trinajstić information content (AvgIpc) is 2.75. The minimum Gasteiger partial charge on any atom is -0.497 e. The van der Waals surface area contributed by atoms with Crippen molar-refractivity contribution < 1.29 is 19.1 Å². The number of nitrogens with one attached hydrogen (secondary N) is 2. The first-order valence-corrected chi connectivity index (χ1v) is 9.02. The highest BCUT2D eigenvalue weighted by Crippen LogP contribution is 2.20. The third kappa shape index (κ3) is 4.66. The predicted octanol–water partition coefficient (Wildman–Crippen LogP) is 3.75. The van der Waals surface area contributed by atoms with Gasteiger partial charge in [-0.3, -0.25) is 0 Å². The molecule has 0 aromatic heterocycles. The fourth-order valence-electron chi connectivity index (χ4n) is 2.66. The van der Waals surface area contributed by atoms with E-state index < -0.39 is 12.1 Å². The molecule has 0 bridgehead atoms. The molecule has 0 spiro atoms. The molecule has 2 aromatic carbocycles. The van der Waals surface area contributed by atoms with Crippen LogP contribution in [0.15, 0.2) is 58.7 Å². The number of rotatable bonds is 4. The van der Waals surface area contributed by atoms with Crippen LogP contribution in [0.3, 0.4) is 0 Å². The summed E-state index contributed by atoms with van der Waals surface area (Å²) >= 11 is 0. The van der Waals surface area contributed by atoms with Gasteiger partial charge >= 0.3 is 12.1 Å². The van der Waals surface area contributed by atoms with E-state index in [1.807, 2.05) is 0 Å². The molecule has 2 aromatic rings. The maximum atomic E-state index is 12.6. The lowest BCUT2D eigenvalue weighted by molar-refractivity contribution is 0.223.